The van der Waals surface area contributed by atoms with Crippen molar-refractivity contribution in [3.05, 3.63) is 34.9 Å². The molecular weight excluding hydrogens is 272 g/mol. The van der Waals surface area contributed by atoms with Gasteiger partial charge >= 0.3 is 0 Å². The largest absolute Gasteiger partial charge is 0.309 e. The van der Waals surface area contributed by atoms with Crippen LogP contribution >= 0.6 is 11.6 Å². The van der Waals surface area contributed by atoms with Gasteiger partial charge in [0.2, 0.25) is 10.0 Å². The molecule has 0 saturated carbocycles. The van der Waals surface area contributed by atoms with Gasteiger partial charge in [0, 0.05) is 11.6 Å². The average Bonchev–Trinajstić information content (AvgIpc) is 2.27. The maximum atomic E-state index is 11.8. The van der Waals surface area contributed by atoms with Gasteiger partial charge in [0.05, 0.1) is 5.75 Å². The van der Waals surface area contributed by atoms with E-state index >= 15 is 0 Å². The van der Waals surface area contributed by atoms with Crippen molar-refractivity contribution < 1.29 is 8.42 Å². The minimum atomic E-state index is -3.31. The Hall–Kier alpha value is -0.620. The predicted octanol–water partition coefficient (Wildman–Crippen LogP) is 1.71. The molecule has 1 rings (SSSR count). The van der Waals surface area contributed by atoms with Gasteiger partial charge in [0.15, 0.2) is 0 Å². The number of halogens is 1. The molecule has 102 valence electrons. The third-order valence-electron chi connectivity index (χ3n) is 2.41. The summed E-state index contributed by atoms with van der Waals surface area (Å²) in [5, 5.41) is 0.483. The van der Waals surface area contributed by atoms with E-state index in [4.69, 9.17) is 11.6 Å². The summed E-state index contributed by atoms with van der Waals surface area (Å²) in [6.07, 6.45) is 0.786. The summed E-state index contributed by atoms with van der Waals surface area (Å²) in [5.41, 5.74) is 0.624. The van der Waals surface area contributed by atoms with Crippen molar-refractivity contribution in [2.75, 3.05) is 27.2 Å². The van der Waals surface area contributed by atoms with Crippen molar-refractivity contribution in [1.82, 2.24) is 9.62 Å². The zero-order chi connectivity index (χ0) is 13.6. The summed E-state index contributed by atoms with van der Waals surface area (Å²) in [7, 11) is 0.605. The Kier molecular flexibility index (Phi) is 6.08. The number of benzene rings is 1. The minimum Gasteiger partial charge on any atom is -0.309 e. The van der Waals surface area contributed by atoms with E-state index in [9.17, 15) is 8.42 Å². The highest BCUT2D eigenvalue weighted by atomic mass is 35.5. The highest BCUT2D eigenvalue weighted by Gasteiger charge is 2.12. The summed E-state index contributed by atoms with van der Waals surface area (Å²) in [5.74, 6) is -0.0748. The molecular formula is C12H19ClN2O2S. The fraction of sp³-hybridized carbons (Fsp3) is 0.500. The zero-order valence-corrected chi connectivity index (χ0v) is 12.3. The van der Waals surface area contributed by atoms with E-state index in [1.54, 1.807) is 24.3 Å². The first-order valence-electron chi connectivity index (χ1n) is 5.76. The fourth-order valence-electron chi connectivity index (χ4n) is 1.49. The summed E-state index contributed by atoms with van der Waals surface area (Å²) in [6, 6.07) is 6.98. The molecule has 6 heteroatoms. The van der Waals surface area contributed by atoms with Gasteiger partial charge in [-0.3, -0.25) is 0 Å². The van der Waals surface area contributed by atoms with Crippen LogP contribution < -0.4 is 4.72 Å². The average molecular weight is 291 g/mol. The maximum Gasteiger partial charge on any atom is 0.215 e. The van der Waals surface area contributed by atoms with Crippen molar-refractivity contribution >= 4 is 21.6 Å². The van der Waals surface area contributed by atoms with Crippen LogP contribution in [0.5, 0.6) is 0 Å². The zero-order valence-electron chi connectivity index (χ0n) is 10.7. The Morgan fingerprint density at radius 2 is 1.94 bits per heavy atom. The first-order chi connectivity index (χ1) is 8.41. The lowest BCUT2D eigenvalue weighted by atomic mass is 10.2. The number of rotatable bonds is 7. The molecule has 0 atom stereocenters. The van der Waals surface area contributed by atoms with Crippen LogP contribution in [0.1, 0.15) is 12.0 Å². The van der Waals surface area contributed by atoms with Gasteiger partial charge in [-0.2, -0.15) is 0 Å². The molecule has 0 aliphatic carbocycles. The molecule has 0 unspecified atom stereocenters. The van der Waals surface area contributed by atoms with E-state index in [0.29, 0.717) is 17.1 Å². The van der Waals surface area contributed by atoms with Gasteiger partial charge in [-0.1, -0.05) is 29.8 Å². The number of nitrogens with zero attached hydrogens (tertiary/aromatic N) is 1. The second kappa shape index (κ2) is 7.09. The lowest BCUT2D eigenvalue weighted by molar-refractivity contribution is 0.400. The normalized spacial score (nSPS) is 12.0. The summed E-state index contributed by atoms with van der Waals surface area (Å²) in [4.78, 5) is 2.02. The first-order valence-corrected chi connectivity index (χ1v) is 7.79. The smallest absolute Gasteiger partial charge is 0.215 e. The van der Waals surface area contributed by atoms with E-state index < -0.39 is 10.0 Å². The van der Waals surface area contributed by atoms with E-state index in [-0.39, 0.29) is 5.75 Å². The molecule has 0 amide bonds. The Bertz CT molecular complexity index is 475. The standard InChI is InChI=1S/C12H19ClN2O2S/c1-15(2)9-5-8-14-18(16,17)10-11-6-3-4-7-12(11)13/h3-4,6-7,14H,5,8-10H2,1-2H3. The van der Waals surface area contributed by atoms with Crippen LogP contribution in [-0.2, 0) is 15.8 Å². The number of hydrogen-bond acceptors (Lipinski definition) is 3. The maximum absolute atomic E-state index is 11.8. The highest BCUT2D eigenvalue weighted by molar-refractivity contribution is 7.88. The van der Waals surface area contributed by atoms with E-state index in [2.05, 4.69) is 4.72 Å². The summed E-state index contributed by atoms with van der Waals surface area (Å²) in [6.45, 7) is 1.31. The Balaban J connectivity index is 2.48. The monoisotopic (exact) mass is 290 g/mol. The Morgan fingerprint density at radius 3 is 2.56 bits per heavy atom. The number of sulfonamides is 1. The van der Waals surface area contributed by atoms with Crippen LogP contribution in [0, 0.1) is 0 Å². The Labute approximate surface area is 114 Å². The number of hydrogen-bond donors (Lipinski definition) is 1. The van der Waals surface area contributed by atoms with E-state index in [1.165, 1.54) is 0 Å². The molecule has 0 spiro atoms. The molecule has 0 aliphatic heterocycles. The molecule has 1 aromatic rings. The summed E-state index contributed by atoms with van der Waals surface area (Å²) >= 11 is 5.93. The third-order valence-corrected chi connectivity index (χ3v) is 4.11. The van der Waals surface area contributed by atoms with Gasteiger partial charge in [-0.05, 0) is 38.7 Å². The first kappa shape index (κ1) is 15.4. The lowest BCUT2D eigenvalue weighted by Gasteiger charge is -2.10. The molecule has 0 aromatic heterocycles. The van der Waals surface area contributed by atoms with Crippen molar-refractivity contribution in [1.29, 1.82) is 0 Å². The summed E-state index contributed by atoms with van der Waals surface area (Å²) < 4.78 is 26.2. The van der Waals surface area contributed by atoms with Crippen molar-refractivity contribution in [2.24, 2.45) is 0 Å². The molecule has 0 heterocycles. The molecule has 0 radical (unpaired) electrons. The van der Waals surface area contributed by atoms with Gasteiger partial charge in [-0.15, -0.1) is 0 Å². The quantitative estimate of drug-likeness (QED) is 0.778. The van der Waals surface area contributed by atoms with Crippen LogP contribution in [0.3, 0.4) is 0 Å². The molecule has 0 saturated heterocycles. The molecule has 18 heavy (non-hydrogen) atoms. The molecule has 4 nitrogen and oxygen atoms in total. The molecule has 0 bridgehead atoms. The van der Waals surface area contributed by atoms with Crippen molar-refractivity contribution in [3.8, 4) is 0 Å². The molecule has 1 aromatic carbocycles. The fourth-order valence-corrected chi connectivity index (χ4v) is 2.99. The predicted molar refractivity (Wildman–Crippen MR) is 75.2 cm³/mol. The van der Waals surface area contributed by atoms with Crippen LogP contribution in [0.25, 0.3) is 0 Å². The minimum absolute atomic E-state index is 0.0748. The Morgan fingerprint density at radius 1 is 1.28 bits per heavy atom. The molecule has 0 aliphatic rings. The van der Waals surface area contributed by atoms with Gasteiger partial charge < -0.3 is 4.90 Å². The van der Waals surface area contributed by atoms with Crippen LogP contribution in [-0.4, -0.2) is 40.5 Å². The molecule has 0 fully saturated rings. The van der Waals surface area contributed by atoms with E-state index in [0.717, 1.165) is 13.0 Å². The second-order valence-corrected chi connectivity index (χ2v) is 6.62. The van der Waals surface area contributed by atoms with Crippen LogP contribution in [0.4, 0.5) is 0 Å². The van der Waals surface area contributed by atoms with Gasteiger partial charge in [0.1, 0.15) is 0 Å². The van der Waals surface area contributed by atoms with Crippen LogP contribution in [0.2, 0.25) is 5.02 Å². The molecule has 1 N–H and O–H groups in total. The van der Waals surface area contributed by atoms with Crippen molar-refractivity contribution in [3.63, 3.8) is 0 Å². The van der Waals surface area contributed by atoms with Crippen molar-refractivity contribution in [2.45, 2.75) is 12.2 Å². The third kappa shape index (κ3) is 5.82. The lowest BCUT2D eigenvalue weighted by Crippen LogP contribution is -2.28. The van der Waals surface area contributed by atoms with Crippen LogP contribution in [0.15, 0.2) is 24.3 Å². The van der Waals surface area contributed by atoms with E-state index in [1.807, 2.05) is 19.0 Å². The second-order valence-electron chi connectivity index (χ2n) is 4.40. The number of nitrogens with one attached hydrogen (secondary N) is 1. The highest BCUT2D eigenvalue weighted by Crippen LogP contribution is 2.17. The SMILES string of the molecule is CN(C)CCCNS(=O)(=O)Cc1ccccc1Cl. The van der Waals surface area contributed by atoms with Gasteiger partial charge in [0.25, 0.3) is 0 Å². The van der Waals surface area contributed by atoms with Gasteiger partial charge in [-0.25, -0.2) is 13.1 Å². The topological polar surface area (TPSA) is 49.4 Å².